The van der Waals surface area contributed by atoms with Gasteiger partial charge in [0.2, 0.25) is 0 Å². The fourth-order valence-electron chi connectivity index (χ4n) is 0.965. The summed E-state index contributed by atoms with van der Waals surface area (Å²) in [5, 5.41) is 29.3. The van der Waals surface area contributed by atoms with Gasteiger partial charge in [-0.1, -0.05) is 0 Å². The van der Waals surface area contributed by atoms with Crippen molar-refractivity contribution in [2.24, 2.45) is 0 Å². The van der Waals surface area contributed by atoms with Gasteiger partial charge in [-0.15, -0.1) is 0 Å². The molecule has 0 fully saturated rings. The zero-order valence-electron chi connectivity index (χ0n) is 7.61. The first kappa shape index (κ1) is 13.4. The number of hydrogen-bond donors (Lipinski definition) is 1. The molecule has 0 radical (unpaired) electrons. The summed E-state index contributed by atoms with van der Waals surface area (Å²) in [5.74, 6) is -1.50. The molecule has 9 heteroatoms. The van der Waals surface area contributed by atoms with Gasteiger partial charge in [0.25, 0.3) is 11.4 Å². The highest BCUT2D eigenvalue weighted by Crippen LogP contribution is 2.24. The van der Waals surface area contributed by atoms with Crippen molar-refractivity contribution < 1.29 is 25.2 Å². The topological polar surface area (TPSA) is 155 Å². The van der Waals surface area contributed by atoms with E-state index in [9.17, 15) is 25.0 Å². The van der Waals surface area contributed by atoms with Crippen LogP contribution in [-0.4, -0.2) is 26.4 Å². The molecule has 0 aliphatic rings. The molecule has 0 aliphatic heterocycles. The van der Waals surface area contributed by atoms with E-state index in [1.165, 1.54) is 0 Å². The normalized spacial score (nSPS) is 9.00. The third-order valence-electron chi connectivity index (χ3n) is 1.62. The Labute approximate surface area is 87.5 Å². The number of carbonyl (C=O) groups is 1. The number of benzene rings is 1. The minimum absolute atomic E-state index is 0. The number of nitrogens with zero attached hydrogens (tertiary/aromatic N) is 2. The molecule has 0 spiro atoms. The van der Waals surface area contributed by atoms with Gasteiger partial charge in [-0.05, 0) is 6.07 Å². The average molecular weight is 230 g/mol. The van der Waals surface area contributed by atoms with Gasteiger partial charge in [-0.3, -0.25) is 20.2 Å². The molecular formula is C7H6N2O7. The van der Waals surface area contributed by atoms with Gasteiger partial charge in [0, 0.05) is 6.07 Å². The summed E-state index contributed by atoms with van der Waals surface area (Å²) in [6, 6.07) is 2.35. The highest BCUT2D eigenvalue weighted by Gasteiger charge is 2.23. The molecule has 1 aromatic rings. The second-order valence-electron chi connectivity index (χ2n) is 2.52. The molecule has 1 aromatic carbocycles. The van der Waals surface area contributed by atoms with E-state index < -0.39 is 32.8 Å². The van der Waals surface area contributed by atoms with E-state index in [4.69, 9.17) is 5.11 Å². The molecule has 9 nitrogen and oxygen atoms in total. The largest absolute Gasteiger partial charge is 0.477 e. The van der Waals surface area contributed by atoms with E-state index in [0.29, 0.717) is 6.07 Å². The SMILES string of the molecule is O.O=C(O)c1ccc([N+](=O)[O-])cc1[N+](=O)[O-]. The smallest absolute Gasteiger partial charge is 0.342 e. The van der Waals surface area contributed by atoms with E-state index in [2.05, 4.69) is 0 Å². The standard InChI is InChI=1S/C7H4N2O6.H2O/c10-7(11)5-2-1-4(8(12)13)3-6(5)9(14)15;/h1-3H,(H,10,11);1H2. The summed E-state index contributed by atoms with van der Waals surface area (Å²) < 4.78 is 0. The number of non-ortho nitro benzene ring substituents is 1. The van der Waals surface area contributed by atoms with Crippen LogP contribution in [-0.2, 0) is 0 Å². The lowest BCUT2D eigenvalue weighted by Gasteiger charge is -1.97. The van der Waals surface area contributed by atoms with Crippen molar-refractivity contribution in [3.8, 4) is 0 Å². The van der Waals surface area contributed by atoms with Crippen LogP contribution in [0.15, 0.2) is 18.2 Å². The molecular weight excluding hydrogens is 224 g/mol. The van der Waals surface area contributed by atoms with Crippen molar-refractivity contribution in [1.82, 2.24) is 0 Å². The summed E-state index contributed by atoms with van der Waals surface area (Å²) in [5.41, 5.74) is -1.89. The molecule has 0 aromatic heterocycles. The highest BCUT2D eigenvalue weighted by atomic mass is 16.6. The van der Waals surface area contributed by atoms with E-state index >= 15 is 0 Å². The molecule has 0 bridgehead atoms. The number of aromatic carboxylic acids is 1. The van der Waals surface area contributed by atoms with Gasteiger partial charge in [0.05, 0.1) is 15.9 Å². The summed E-state index contributed by atoms with van der Waals surface area (Å²) in [6.45, 7) is 0. The van der Waals surface area contributed by atoms with Crippen molar-refractivity contribution >= 4 is 17.3 Å². The third-order valence-corrected chi connectivity index (χ3v) is 1.62. The molecule has 3 N–H and O–H groups in total. The molecule has 16 heavy (non-hydrogen) atoms. The first-order valence-electron chi connectivity index (χ1n) is 3.59. The maximum absolute atomic E-state index is 10.5. The number of nitro benzene ring substituents is 2. The van der Waals surface area contributed by atoms with Crippen LogP contribution in [0.2, 0.25) is 0 Å². The van der Waals surface area contributed by atoms with Crippen molar-refractivity contribution in [2.75, 3.05) is 0 Å². The first-order valence-corrected chi connectivity index (χ1v) is 3.59. The summed E-state index contributed by atoms with van der Waals surface area (Å²) >= 11 is 0. The van der Waals surface area contributed by atoms with Crippen LogP contribution in [0.5, 0.6) is 0 Å². The number of carboxylic acids is 1. The fraction of sp³-hybridized carbons (Fsp3) is 0. The van der Waals surface area contributed by atoms with Gasteiger partial charge < -0.3 is 10.6 Å². The lowest BCUT2D eigenvalue weighted by atomic mass is 10.1. The van der Waals surface area contributed by atoms with Crippen molar-refractivity contribution in [3.63, 3.8) is 0 Å². The Bertz CT molecular complexity index is 456. The lowest BCUT2D eigenvalue weighted by Crippen LogP contribution is -2.03. The summed E-state index contributed by atoms with van der Waals surface area (Å²) in [6.07, 6.45) is 0. The maximum atomic E-state index is 10.5. The minimum atomic E-state index is -1.50. The van der Waals surface area contributed by atoms with Crippen molar-refractivity contribution in [1.29, 1.82) is 0 Å². The van der Waals surface area contributed by atoms with E-state index in [1.807, 2.05) is 0 Å². The Morgan fingerprint density at radius 1 is 1.19 bits per heavy atom. The van der Waals surface area contributed by atoms with Gasteiger partial charge in [-0.2, -0.15) is 0 Å². The van der Waals surface area contributed by atoms with Crippen LogP contribution in [0.3, 0.4) is 0 Å². The van der Waals surface area contributed by atoms with E-state index in [0.717, 1.165) is 12.1 Å². The molecule has 1 rings (SSSR count). The predicted molar refractivity (Wildman–Crippen MR) is 50.3 cm³/mol. The zero-order chi connectivity index (χ0) is 11.6. The monoisotopic (exact) mass is 230 g/mol. The van der Waals surface area contributed by atoms with Crippen molar-refractivity contribution in [2.45, 2.75) is 0 Å². The number of carboxylic acid groups (broad SMARTS) is 1. The second-order valence-corrected chi connectivity index (χ2v) is 2.52. The lowest BCUT2D eigenvalue weighted by molar-refractivity contribution is -0.394. The molecule has 0 aliphatic carbocycles. The molecule has 0 heterocycles. The molecule has 86 valence electrons. The molecule has 0 unspecified atom stereocenters. The van der Waals surface area contributed by atoms with Crippen LogP contribution in [0.25, 0.3) is 0 Å². The zero-order valence-corrected chi connectivity index (χ0v) is 7.61. The van der Waals surface area contributed by atoms with Gasteiger partial charge in [0.1, 0.15) is 5.56 Å². The highest BCUT2D eigenvalue weighted by molar-refractivity contribution is 5.92. The Hall–Kier alpha value is -2.55. The van der Waals surface area contributed by atoms with Gasteiger partial charge in [0.15, 0.2) is 0 Å². The average Bonchev–Trinajstić information content (AvgIpc) is 2.16. The van der Waals surface area contributed by atoms with Crippen LogP contribution < -0.4 is 0 Å². The van der Waals surface area contributed by atoms with Crippen LogP contribution in [0.1, 0.15) is 10.4 Å². The Kier molecular flexibility index (Phi) is 4.03. The first-order chi connectivity index (χ1) is 6.93. The fourth-order valence-corrected chi connectivity index (χ4v) is 0.965. The quantitative estimate of drug-likeness (QED) is 0.584. The molecule has 0 saturated heterocycles. The van der Waals surface area contributed by atoms with Crippen LogP contribution in [0, 0.1) is 20.2 Å². The summed E-state index contributed by atoms with van der Waals surface area (Å²) in [7, 11) is 0. The Morgan fingerprint density at radius 2 is 1.75 bits per heavy atom. The Morgan fingerprint density at radius 3 is 2.12 bits per heavy atom. The number of hydrogen-bond acceptors (Lipinski definition) is 5. The Balaban J connectivity index is 0.00000225. The molecule has 0 atom stereocenters. The van der Waals surface area contributed by atoms with E-state index in [-0.39, 0.29) is 5.48 Å². The van der Waals surface area contributed by atoms with Gasteiger partial charge in [-0.25, -0.2) is 4.79 Å². The van der Waals surface area contributed by atoms with E-state index in [1.54, 1.807) is 0 Å². The number of nitro groups is 2. The molecule has 0 saturated carbocycles. The maximum Gasteiger partial charge on any atom is 0.342 e. The van der Waals surface area contributed by atoms with Crippen LogP contribution >= 0.6 is 0 Å². The van der Waals surface area contributed by atoms with Crippen LogP contribution in [0.4, 0.5) is 11.4 Å². The van der Waals surface area contributed by atoms with Gasteiger partial charge >= 0.3 is 5.97 Å². The summed E-state index contributed by atoms with van der Waals surface area (Å²) in [4.78, 5) is 29.4. The third kappa shape index (κ3) is 2.48. The minimum Gasteiger partial charge on any atom is -0.477 e. The number of rotatable bonds is 3. The predicted octanol–water partition coefficient (Wildman–Crippen LogP) is 0.376. The molecule has 0 amide bonds. The van der Waals surface area contributed by atoms with Crippen molar-refractivity contribution in [3.05, 3.63) is 44.0 Å². The second kappa shape index (κ2) is 4.79.